The maximum atomic E-state index is 10.8. The molecule has 1 aliphatic rings. The molecule has 0 bridgehead atoms. The van der Waals surface area contributed by atoms with Crippen LogP contribution in [0.1, 0.15) is 18.6 Å². The Morgan fingerprint density at radius 1 is 1.61 bits per heavy atom. The molecule has 3 atom stereocenters. The lowest BCUT2D eigenvalue weighted by molar-refractivity contribution is -0.0482. The van der Waals surface area contributed by atoms with E-state index in [1.165, 1.54) is 7.11 Å². The molecule has 1 aliphatic heterocycles. The van der Waals surface area contributed by atoms with Gasteiger partial charge >= 0.3 is 6.09 Å². The van der Waals surface area contributed by atoms with Gasteiger partial charge in [-0.3, -0.25) is 4.68 Å². The van der Waals surface area contributed by atoms with Crippen LogP contribution in [0.5, 0.6) is 5.75 Å². The standard InChI is InChI=1S/C15H19N3O5/c1-8(17-15(20)21)6-18-13-9(5-16-18)3-4-11-12(13)14(22-2)10(19)7-23-11/h3-5,8,10,14,17,19H,6-7H2,1-2H3,(H,20,21)/t8?,10?,14-/m1/s1. The van der Waals surface area contributed by atoms with E-state index in [-0.39, 0.29) is 12.6 Å². The molecule has 8 heteroatoms. The highest BCUT2D eigenvalue weighted by Gasteiger charge is 2.32. The van der Waals surface area contributed by atoms with Gasteiger partial charge in [-0.25, -0.2) is 4.79 Å². The van der Waals surface area contributed by atoms with E-state index in [1.54, 1.807) is 17.8 Å². The van der Waals surface area contributed by atoms with E-state index < -0.39 is 18.3 Å². The molecule has 0 saturated carbocycles. The lowest BCUT2D eigenvalue weighted by Gasteiger charge is -2.30. The van der Waals surface area contributed by atoms with Crippen molar-refractivity contribution in [1.29, 1.82) is 0 Å². The summed E-state index contributed by atoms with van der Waals surface area (Å²) in [6, 6.07) is 3.40. The molecule has 0 fully saturated rings. The number of aliphatic hydroxyl groups excluding tert-OH is 1. The van der Waals surface area contributed by atoms with Crippen molar-refractivity contribution in [3.8, 4) is 5.75 Å². The molecule has 0 radical (unpaired) electrons. The number of fused-ring (bicyclic) bond motifs is 3. The fourth-order valence-electron chi connectivity index (χ4n) is 2.97. The quantitative estimate of drug-likeness (QED) is 0.779. The second-order valence-electron chi connectivity index (χ2n) is 5.63. The number of carboxylic acid groups (broad SMARTS) is 1. The molecule has 1 aromatic carbocycles. The van der Waals surface area contributed by atoms with Crippen molar-refractivity contribution < 1.29 is 24.5 Å². The number of methoxy groups -OCH3 is 1. The summed E-state index contributed by atoms with van der Waals surface area (Å²) >= 11 is 0. The van der Waals surface area contributed by atoms with Gasteiger partial charge in [0.15, 0.2) is 0 Å². The highest BCUT2D eigenvalue weighted by molar-refractivity contribution is 5.85. The Balaban J connectivity index is 2.06. The molecule has 3 N–H and O–H groups in total. The second kappa shape index (κ2) is 6.05. The lowest BCUT2D eigenvalue weighted by atomic mass is 9.98. The van der Waals surface area contributed by atoms with E-state index >= 15 is 0 Å². The monoisotopic (exact) mass is 321 g/mol. The van der Waals surface area contributed by atoms with Crippen molar-refractivity contribution in [1.82, 2.24) is 15.1 Å². The highest BCUT2D eigenvalue weighted by Crippen LogP contribution is 2.39. The van der Waals surface area contributed by atoms with Crippen LogP contribution in [0.4, 0.5) is 4.79 Å². The van der Waals surface area contributed by atoms with Crippen LogP contribution in [0.15, 0.2) is 18.3 Å². The van der Waals surface area contributed by atoms with Gasteiger partial charge in [0.1, 0.15) is 24.6 Å². The number of benzene rings is 1. The van der Waals surface area contributed by atoms with Gasteiger partial charge in [-0.1, -0.05) is 0 Å². The summed E-state index contributed by atoms with van der Waals surface area (Å²) < 4.78 is 12.8. The first-order valence-corrected chi connectivity index (χ1v) is 7.32. The summed E-state index contributed by atoms with van der Waals surface area (Å²) in [6.45, 7) is 2.29. The third-order valence-corrected chi connectivity index (χ3v) is 3.92. The normalized spacial score (nSPS) is 21.5. The summed E-state index contributed by atoms with van der Waals surface area (Å²) in [5.74, 6) is 0.648. The number of hydrogen-bond acceptors (Lipinski definition) is 5. The predicted octanol–water partition coefficient (Wildman–Crippen LogP) is 1.13. The minimum absolute atomic E-state index is 0.169. The van der Waals surface area contributed by atoms with Crippen LogP contribution in [0, 0.1) is 0 Å². The Morgan fingerprint density at radius 3 is 3.09 bits per heavy atom. The largest absolute Gasteiger partial charge is 0.490 e. The van der Waals surface area contributed by atoms with Gasteiger partial charge in [-0.05, 0) is 19.1 Å². The zero-order valence-electron chi connectivity index (χ0n) is 12.9. The smallest absolute Gasteiger partial charge is 0.404 e. The number of aliphatic hydroxyl groups is 1. The molecule has 23 heavy (non-hydrogen) atoms. The zero-order valence-corrected chi connectivity index (χ0v) is 12.9. The number of aromatic nitrogens is 2. The molecule has 3 rings (SSSR count). The minimum atomic E-state index is -1.08. The Kier molecular flexibility index (Phi) is 4.10. The Hall–Kier alpha value is -2.32. The van der Waals surface area contributed by atoms with Gasteiger partial charge in [0.05, 0.1) is 23.8 Å². The van der Waals surface area contributed by atoms with Crippen LogP contribution in [-0.2, 0) is 11.3 Å². The fraction of sp³-hybridized carbons (Fsp3) is 0.467. The van der Waals surface area contributed by atoms with E-state index in [0.717, 1.165) is 16.5 Å². The van der Waals surface area contributed by atoms with Gasteiger partial charge in [0.25, 0.3) is 0 Å². The molecular weight excluding hydrogens is 302 g/mol. The Bertz CT molecular complexity index is 729. The molecule has 0 saturated heterocycles. The number of carbonyl (C=O) groups is 1. The van der Waals surface area contributed by atoms with Crippen molar-refractivity contribution in [2.75, 3.05) is 13.7 Å². The van der Waals surface area contributed by atoms with Crippen molar-refractivity contribution in [2.24, 2.45) is 0 Å². The summed E-state index contributed by atoms with van der Waals surface area (Å²) in [5.41, 5.74) is 1.52. The first-order chi connectivity index (χ1) is 11.0. The van der Waals surface area contributed by atoms with Crippen molar-refractivity contribution in [3.63, 3.8) is 0 Å². The Morgan fingerprint density at radius 2 is 2.39 bits per heavy atom. The molecule has 0 aliphatic carbocycles. The summed E-state index contributed by atoms with van der Waals surface area (Å²) in [4.78, 5) is 10.8. The van der Waals surface area contributed by atoms with Crippen LogP contribution in [0.3, 0.4) is 0 Å². The number of nitrogens with one attached hydrogen (secondary N) is 1. The maximum Gasteiger partial charge on any atom is 0.404 e. The molecule has 2 unspecified atom stereocenters. The van der Waals surface area contributed by atoms with E-state index in [2.05, 4.69) is 10.4 Å². The maximum absolute atomic E-state index is 10.8. The van der Waals surface area contributed by atoms with Gasteiger partial charge in [0, 0.05) is 18.5 Å². The topological polar surface area (TPSA) is 106 Å². The van der Waals surface area contributed by atoms with E-state index in [0.29, 0.717) is 12.3 Å². The molecule has 1 aromatic heterocycles. The van der Waals surface area contributed by atoms with Gasteiger partial charge in [-0.2, -0.15) is 5.10 Å². The zero-order chi connectivity index (χ0) is 16.6. The number of hydrogen-bond donors (Lipinski definition) is 3. The van der Waals surface area contributed by atoms with Crippen molar-refractivity contribution in [2.45, 2.75) is 31.7 Å². The summed E-state index contributed by atoms with van der Waals surface area (Å²) in [7, 11) is 1.54. The molecule has 2 heterocycles. The van der Waals surface area contributed by atoms with Crippen LogP contribution in [-0.4, -0.2) is 51.9 Å². The average molecular weight is 321 g/mol. The molecule has 1 amide bonds. The Labute approximate surface area is 132 Å². The van der Waals surface area contributed by atoms with Gasteiger partial charge in [-0.15, -0.1) is 0 Å². The van der Waals surface area contributed by atoms with E-state index in [1.807, 2.05) is 12.1 Å². The molecule has 124 valence electrons. The van der Waals surface area contributed by atoms with Crippen molar-refractivity contribution in [3.05, 3.63) is 23.9 Å². The SMILES string of the molecule is CO[C@H]1c2c(ccc3cnn(CC(C)NC(=O)O)c23)OCC1O. The number of nitrogens with zero attached hydrogens (tertiary/aromatic N) is 2. The van der Waals surface area contributed by atoms with Gasteiger partial charge < -0.3 is 25.0 Å². The molecular formula is C15H19N3O5. The third-order valence-electron chi connectivity index (χ3n) is 3.92. The number of rotatable bonds is 4. The molecule has 8 nitrogen and oxygen atoms in total. The fourth-order valence-corrected chi connectivity index (χ4v) is 2.97. The van der Waals surface area contributed by atoms with Crippen LogP contribution < -0.4 is 10.1 Å². The number of ether oxygens (including phenoxy) is 2. The minimum Gasteiger partial charge on any atom is -0.490 e. The lowest BCUT2D eigenvalue weighted by Crippen LogP contribution is -2.35. The summed E-state index contributed by atoms with van der Waals surface area (Å²) in [6.07, 6.45) is -0.655. The summed E-state index contributed by atoms with van der Waals surface area (Å²) in [5, 5.41) is 26.6. The average Bonchev–Trinajstić information content (AvgIpc) is 2.89. The first kappa shape index (κ1) is 15.6. The predicted molar refractivity (Wildman–Crippen MR) is 81.6 cm³/mol. The third kappa shape index (κ3) is 2.82. The van der Waals surface area contributed by atoms with Gasteiger partial charge in [0.2, 0.25) is 0 Å². The number of amides is 1. The molecule has 0 spiro atoms. The van der Waals surface area contributed by atoms with Crippen LogP contribution in [0.25, 0.3) is 10.9 Å². The van der Waals surface area contributed by atoms with Crippen molar-refractivity contribution >= 4 is 17.0 Å². The van der Waals surface area contributed by atoms with Crippen LogP contribution in [0.2, 0.25) is 0 Å². The van der Waals surface area contributed by atoms with E-state index in [9.17, 15) is 9.90 Å². The second-order valence-corrected chi connectivity index (χ2v) is 5.63. The highest BCUT2D eigenvalue weighted by atomic mass is 16.5. The van der Waals surface area contributed by atoms with E-state index in [4.69, 9.17) is 14.6 Å². The molecule has 2 aromatic rings. The first-order valence-electron chi connectivity index (χ1n) is 7.32. The van der Waals surface area contributed by atoms with Crippen LogP contribution >= 0.6 is 0 Å².